The van der Waals surface area contributed by atoms with E-state index in [1.165, 1.54) is 0 Å². The van der Waals surface area contributed by atoms with Crippen molar-refractivity contribution in [3.63, 3.8) is 0 Å². The molecule has 0 aliphatic carbocycles. The summed E-state index contributed by atoms with van der Waals surface area (Å²) < 4.78 is 6.31. The van der Waals surface area contributed by atoms with Crippen LogP contribution in [0.4, 0.5) is 0 Å². The third-order valence-electron chi connectivity index (χ3n) is 2.01. The minimum atomic E-state index is -0.462. The zero-order valence-electron chi connectivity index (χ0n) is 6.67. The van der Waals surface area contributed by atoms with Gasteiger partial charge in [0.05, 0.1) is 0 Å². The molecule has 1 N–H and O–H groups in total. The van der Waals surface area contributed by atoms with Crippen LogP contribution >= 0.6 is 15.9 Å². The molecule has 1 aromatic rings. The molecule has 2 nitrogen and oxygen atoms in total. The van der Waals surface area contributed by atoms with Gasteiger partial charge in [0.1, 0.15) is 18.5 Å². The van der Waals surface area contributed by atoms with E-state index in [0.717, 1.165) is 21.3 Å². The van der Waals surface area contributed by atoms with Gasteiger partial charge in [-0.2, -0.15) is 0 Å². The molecule has 2 rings (SSSR count). The lowest BCUT2D eigenvalue weighted by molar-refractivity contribution is 0.140. The number of benzene rings is 1. The molecule has 12 heavy (non-hydrogen) atoms. The van der Waals surface area contributed by atoms with Gasteiger partial charge in [-0.25, -0.2) is 0 Å². The first kappa shape index (κ1) is 8.08. The van der Waals surface area contributed by atoms with Gasteiger partial charge >= 0.3 is 0 Å². The van der Waals surface area contributed by atoms with E-state index in [1.807, 2.05) is 19.1 Å². The molecule has 0 saturated carbocycles. The summed E-state index contributed by atoms with van der Waals surface area (Å²) in [5.41, 5.74) is 1.96. The Bertz CT molecular complexity index is 323. The van der Waals surface area contributed by atoms with Gasteiger partial charge in [0.15, 0.2) is 0 Å². The summed E-state index contributed by atoms with van der Waals surface area (Å²) in [6, 6.07) is 3.89. The molecule has 0 bridgehead atoms. The Labute approximate surface area is 79.3 Å². The molecule has 64 valence electrons. The average Bonchev–Trinajstić information content (AvgIpc) is 2.33. The van der Waals surface area contributed by atoms with Crippen LogP contribution in [-0.2, 0) is 0 Å². The van der Waals surface area contributed by atoms with E-state index in [0.29, 0.717) is 6.61 Å². The van der Waals surface area contributed by atoms with Gasteiger partial charge in [-0.3, -0.25) is 0 Å². The maximum absolute atomic E-state index is 9.48. The molecule has 0 spiro atoms. The maximum atomic E-state index is 9.48. The first-order valence-corrected chi connectivity index (χ1v) is 4.58. The number of fused-ring (bicyclic) bond motifs is 1. The Morgan fingerprint density at radius 3 is 3.08 bits per heavy atom. The van der Waals surface area contributed by atoms with Crippen molar-refractivity contribution in [1.82, 2.24) is 0 Å². The SMILES string of the molecule is Cc1cc(Br)cc2c1OCC2O. The number of aliphatic hydroxyl groups excluding tert-OH is 1. The van der Waals surface area contributed by atoms with Crippen molar-refractivity contribution in [2.45, 2.75) is 13.0 Å². The fourth-order valence-corrected chi connectivity index (χ4v) is 2.04. The van der Waals surface area contributed by atoms with E-state index in [1.54, 1.807) is 0 Å². The van der Waals surface area contributed by atoms with Crippen molar-refractivity contribution < 1.29 is 9.84 Å². The predicted octanol–water partition coefficient (Wildman–Crippen LogP) is 2.18. The van der Waals surface area contributed by atoms with Gasteiger partial charge in [-0.1, -0.05) is 15.9 Å². The highest BCUT2D eigenvalue weighted by molar-refractivity contribution is 9.10. The summed E-state index contributed by atoms with van der Waals surface area (Å²) in [5.74, 6) is 0.839. The standard InChI is InChI=1S/C9H9BrO2/c1-5-2-6(10)3-7-8(11)4-12-9(5)7/h2-3,8,11H,4H2,1H3. The smallest absolute Gasteiger partial charge is 0.128 e. The lowest BCUT2D eigenvalue weighted by Gasteiger charge is -2.03. The number of hydrogen-bond donors (Lipinski definition) is 1. The second-order valence-corrected chi connectivity index (χ2v) is 3.88. The molecule has 0 saturated heterocycles. The highest BCUT2D eigenvalue weighted by Gasteiger charge is 2.23. The zero-order valence-corrected chi connectivity index (χ0v) is 8.26. The summed E-state index contributed by atoms with van der Waals surface area (Å²) in [5, 5.41) is 9.48. The summed E-state index contributed by atoms with van der Waals surface area (Å²) in [6.07, 6.45) is -0.462. The molecule has 0 radical (unpaired) electrons. The molecule has 0 aromatic heterocycles. The van der Waals surface area contributed by atoms with Crippen molar-refractivity contribution >= 4 is 15.9 Å². The normalized spacial score (nSPS) is 20.4. The Balaban J connectivity index is 2.60. The monoisotopic (exact) mass is 228 g/mol. The molecule has 1 heterocycles. The van der Waals surface area contributed by atoms with Crippen LogP contribution in [0.25, 0.3) is 0 Å². The molecule has 3 heteroatoms. The maximum Gasteiger partial charge on any atom is 0.128 e. The average molecular weight is 229 g/mol. The molecular formula is C9H9BrO2. The third-order valence-corrected chi connectivity index (χ3v) is 2.47. The Morgan fingerprint density at radius 2 is 2.33 bits per heavy atom. The van der Waals surface area contributed by atoms with Crippen molar-refractivity contribution in [1.29, 1.82) is 0 Å². The first-order chi connectivity index (χ1) is 5.68. The molecule has 1 atom stereocenters. The van der Waals surface area contributed by atoms with E-state index in [9.17, 15) is 5.11 Å². The van der Waals surface area contributed by atoms with E-state index < -0.39 is 6.10 Å². The molecular weight excluding hydrogens is 220 g/mol. The first-order valence-electron chi connectivity index (χ1n) is 3.79. The largest absolute Gasteiger partial charge is 0.490 e. The van der Waals surface area contributed by atoms with Crippen molar-refractivity contribution in [3.8, 4) is 5.75 Å². The van der Waals surface area contributed by atoms with Crippen molar-refractivity contribution in [2.24, 2.45) is 0 Å². The Kier molecular flexibility index (Phi) is 1.85. The van der Waals surface area contributed by atoms with Crippen molar-refractivity contribution in [2.75, 3.05) is 6.61 Å². The fraction of sp³-hybridized carbons (Fsp3) is 0.333. The quantitative estimate of drug-likeness (QED) is 0.738. The molecule has 1 aliphatic rings. The van der Waals surface area contributed by atoms with Crippen molar-refractivity contribution in [3.05, 3.63) is 27.7 Å². The van der Waals surface area contributed by atoms with Crippen LogP contribution in [0.1, 0.15) is 17.2 Å². The number of ether oxygens (including phenoxy) is 1. The zero-order chi connectivity index (χ0) is 8.72. The highest BCUT2D eigenvalue weighted by Crippen LogP contribution is 2.37. The molecule has 0 amide bonds. The van der Waals surface area contributed by atoms with Crippen LogP contribution in [-0.4, -0.2) is 11.7 Å². The molecule has 1 unspecified atom stereocenters. The molecule has 1 aromatic carbocycles. The van der Waals surface area contributed by atoms with E-state index >= 15 is 0 Å². The summed E-state index contributed by atoms with van der Waals surface area (Å²) in [6.45, 7) is 2.36. The van der Waals surface area contributed by atoms with Crippen LogP contribution in [0, 0.1) is 6.92 Å². The highest BCUT2D eigenvalue weighted by atomic mass is 79.9. The van der Waals surface area contributed by atoms with Gasteiger partial charge in [-0.05, 0) is 24.6 Å². The van der Waals surface area contributed by atoms with Gasteiger partial charge in [-0.15, -0.1) is 0 Å². The van der Waals surface area contributed by atoms with E-state index in [4.69, 9.17) is 4.74 Å². The van der Waals surface area contributed by atoms with Gasteiger partial charge < -0.3 is 9.84 Å². The molecule has 1 aliphatic heterocycles. The predicted molar refractivity (Wildman–Crippen MR) is 49.3 cm³/mol. The van der Waals surface area contributed by atoms with E-state index in [2.05, 4.69) is 15.9 Å². The Hall–Kier alpha value is -0.540. The fourth-order valence-electron chi connectivity index (χ4n) is 1.45. The topological polar surface area (TPSA) is 29.5 Å². The third kappa shape index (κ3) is 1.13. The second-order valence-electron chi connectivity index (χ2n) is 2.97. The minimum absolute atomic E-state index is 0.382. The lowest BCUT2D eigenvalue weighted by Crippen LogP contribution is -1.97. The number of hydrogen-bond acceptors (Lipinski definition) is 2. The van der Waals surface area contributed by atoms with Gasteiger partial charge in [0.2, 0.25) is 0 Å². The number of halogens is 1. The number of aryl methyl sites for hydroxylation is 1. The van der Waals surface area contributed by atoms with Gasteiger partial charge in [0.25, 0.3) is 0 Å². The number of aliphatic hydroxyl groups is 1. The minimum Gasteiger partial charge on any atom is -0.490 e. The molecule has 0 fully saturated rings. The van der Waals surface area contributed by atoms with Crippen LogP contribution in [0.15, 0.2) is 16.6 Å². The summed E-state index contributed by atoms with van der Waals surface area (Å²) in [4.78, 5) is 0. The Morgan fingerprint density at radius 1 is 1.58 bits per heavy atom. The van der Waals surface area contributed by atoms with Crippen LogP contribution in [0.3, 0.4) is 0 Å². The van der Waals surface area contributed by atoms with Crippen LogP contribution < -0.4 is 4.74 Å². The summed E-state index contributed by atoms with van der Waals surface area (Å²) in [7, 11) is 0. The van der Waals surface area contributed by atoms with E-state index in [-0.39, 0.29) is 0 Å². The second kappa shape index (κ2) is 2.75. The van der Waals surface area contributed by atoms with Crippen LogP contribution in [0.2, 0.25) is 0 Å². The summed E-state index contributed by atoms with van der Waals surface area (Å²) >= 11 is 3.38. The number of rotatable bonds is 0. The van der Waals surface area contributed by atoms with Crippen LogP contribution in [0.5, 0.6) is 5.75 Å². The van der Waals surface area contributed by atoms with Gasteiger partial charge in [0, 0.05) is 10.0 Å². The lowest BCUT2D eigenvalue weighted by atomic mass is 10.1.